The third kappa shape index (κ3) is 19.2. The lowest BCUT2D eigenvalue weighted by Crippen LogP contribution is -2.23. The van der Waals surface area contributed by atoms with Crippen LogP contribution in [0.1, 0.15) is 36.1 Å². The second-order valence-electron chi connectivity index (χ2n) is 2.34. The Morgan fingerprint density at radius 3 is 1.65 bits per heavy atom. The van der Waals surface area contributed by atoms with Gasteiger partial charge in [-0.3, -0.25) is 5.41 Å². The van der Waals surface area contributed by atoms with Gasteiger partial charge in [0.2, 0.25) is 0 Å². The molecule has 0 unspecified atom stereocenters. The van der Waals surface area contributed by atoms with Crippen LogP contribution >= 0.6 is 24.0 Å². The Labute approximate surface area is 132 Å². The topological polar surface area (TPSA) is 102 Å². The number of ether oxygens (including phenoxy) is 2. The maximum Gasteiger partial charge on any atom is 0.365 e. The number of thiocarbonyl (C=S) groups is 1. The van der Waals surface area contributed by atoms with Gasteiger partial charge in [-0.2, -0.15) is 0 Å². The lowest BCUT2D eigenvalue weighted by atomic mass is 10.7. The fraction of sp³-hybridized carbons (Fsp3) is 0.667. The first-order chi connectivity index (χ1) is 7.90. The number of thioether (sulfide) groups is 1. The summed E-state index contributed by atoms with van der Waals surface area (Å²) in [6, 6.07) is 0. The molecule has 0 saturated heterocycles. The van der Waals surface area contributed by atoms with E-state index in [-0.39, 0.29) is 32.3 Å². The minimum absolute atomic E-state index is 0. The summed E-state index contributed by atoms with van der Waals surface area (Å²) in [4.78, 5) is 20.5. The van der Waals surface area contributed by atoms with Gasteiger partial charge >= 0.3 is 11.9 Å². The van der Waals surface area contributed by atoms with Crippen molar-refractivity contribution in [1.82, 2.24) is 0 Å². The first kappa shape index (κ1) is 31.3. The molecule has 0 aliphatic heterocycles. The van der Waals surface area contributed by atoms with Gasteiger partial charge in [-0.1, -0.05) is 34.5 Å². The Hall–Kier alpha value is -1.15. The van der Waals surface area contributed by atoms with Crippen LogP contribution in [0.3, 0.4) is 0 Å². The minimum Gasteiger partial charge on any atom is -0.461 e. The number of carbonyl (C=O) groups is 2. The van der Waals surface area contributed by atoms with Gasteiger partial charge in [0.1, 0.15) is 0 Å². The molecular weight excluding hydrogens is 300 g/mol. The molecule has 6 nitrogen and oxygen atoms in total. The van der Waals surface area contributed by atoms with E-state index in [1.54, 1.807) is 20.1 Å². The molecule has 0 aromatic carbocycles. The highest BCUT2D eigenvalue weighted by Gasteiger charge is 2.06. The zero-order valence-electron chi connectivity index (χ0n) is 9.94. The van der Waals surface area contributed by atoms with Crippen LogP contribution < -0.4 is 5.73 Å². The predicted molar refractivity (Wildman–Crippen MR) is 91.5 cm³/mol. The molecule has 0 bridgehead atoms. The highest BCUT2D eigenvalue weighted by molar-refractivity contribution is 8.14. The molecule has 0 spiro atoms. The van der Waals surface area contributed by atoms with Crippen LogP contribution in [0.15, 0.2) is 0 Å². The summed E-state index contributed by atoms with van der Waals surface area (Å²) < 4.78 is 8.91. The monoisotopic (exact) mass is 328 g/mol. The van der Waals surface area contributed by atoms with Crippen molar-refractivity contribution in [3.05, 3.63) is 0 Å². The maximum atomic E-state index is 10.5. The first-order valence-corrected chi connectivity index (χ1v) is 6.30. The third-order valence-electron chi connectivity index (χ3n) is 1.14. The largest absolute Gasteiger partial charge is 0.461 e. The summed E-state index contributed by atoms with van der Waals surface area (Å²) in [6.45, 7) is 4.06. The molecule has 122 valence electrons. The molecule has 0 rings (SSSR count). The Morgan fingerprint density at radius 1 is 1.10 bits per heavy atom. The molecule has 20 heavy (non-hydrogen) atoms. The fourth-order valence-corrected chi connectivity index (χ4v) is 0.767. The van der Waals surface area contributed by atoms with Crippen LogP contribution in [0, 0.1) is 5.41 Å². The van der Waals surface area contributed by atoms with E-state index in [0.717, 1.165) is 11.8 Å². The van der Waals surface area contributed by atoms with Gasteiger partial charge in [-0.05, 0) is 20.1 Å². The molecule has 0 aromatic rings. The van der Waals surface area contributed by atoms with E-state index in [1.165, 1.54) is 0 Å². The number of esters is 2. The van der Waals surface area contributed by atoms with Crippen molar-refractivity contribution in [2.24, 2.45) is 5.73 Å². The average molecular weight is 329 g/mol. The summed E-state index contributed by atoms with van der Waals surface area (Å²) >= 11 is 5.37. The fourth-order valence-electron chi connectivity index (χ4n) is 0.482. The molecule has 0 aliphatic carbocycles. The average Bonchev–Trinajstić information content (AvgIpc) is 2.29. The van der Waals surface area contributed by atoms with Gasteiger partial charge in [0.25, 0.3) is 0 Å². The number of hydrogen-bond donors (Lipinski definition) is 2. The number of nitrogens with two attached hydrogens (primary N) is 1. The quantitative estimate of drug-likeness (QED) is 0.347. The van der Waals surface area contributed by atoms with Gasteiger partial charge in [0, 0.05) is 0 Å². The molecule has 0 heterocycles. The minimum atomic E-state index is -0.609. The van der Waals surface area contributed by atoms with Gasteiger partial charge in [-0.15, -0.1) is 11.8 Å². The predicted octanol–water partition coefficient (Wildman–Crippen LogP) is 2.63. The lowest BCUT2D eigenvalue weighted by molar-refractivity contribution is -0.135. The van der Waals surface area contributed by atoms with Gasteiger partial charge < -0.3 is 15.2 Å². The Bertz CT molecular complexity index is 297. The van der Waals surface area contributed by atoms with E-state index in [4.69, 9.17) is 11.1 Å². The number of rotatable bonds is 2. The highest BCUT2D eigenvalue weighted by atomic mass is 32.2. The summed E-state index contributed by atoms with van der Waals surface area (Å²) in [7, 11) is 0. The molecule has 3 N–H and O–H groups in total. The Kier molecular flexibility index (Phi) is 31.6. The van der Waals surface area contributed by atoms with Crippen molar-refractivity contribution < 1.29 is 19.1 Å². The zero-order chi connectivity index (χ0) is 13.8. The van der Waals surface area contributed by atoms with E-state index in [0.29, 0.717) is 13.2 Å². The van der Waals surface area contributed by atoms with Crippen LogP contribution in [-0.2, 0) is 19.1 Å². The molecule has 0 saturated carbocycles. The zero-order valence-corrected chi connectivity index (χ0v) is 11.6. The van der Waals surface area contributed by atoms with Crippen LogP contribution in [0.25, 0.3) is 0 Å². The van der Waals surface area contributed by atoms with E-state index in [9.17, 15) is 9.59 Å². The van der Waals surface area contributed by atoms with Crippen LogP contribution in [0.2, 0.25) is 0 Å². The molecule has 0 radical (unpaired) electrons. The smallest absolute Gasteiger partial charge is 0.365 e. The Balaban J connectivity index is -0.0000000655. The van der Waals surface area contributed by atoms with Crippen molar-refractivity contribution in [1.29, 1.82) is 5.41 Å². The maximum absolute atomic E-state index is 10.5. The number of hydrogen-bond acceptors (Lipinski definition) is 7. The normalized spacial score (nSPS) is 7.15. The van der Waals surface area contributed by atoms with E-state index in [2.05, 4.69) is 21.7 Å². The second kappa shape index (κ2) is 20.2. The highest BCUT2D eigenvalue weighted by Crippen LogP contribution is 1.96. The van der Waals surface area contributed by atoms with E-state index >= 15 is 0 Å². The number of nitrogens with one attached hydrogen (secondary N) is 1. The summed E-state index contributed by atoms with van der Waals surface area (Å²) in [5, 5.41) is 6.89. The molecule has 0 aliphatic rings. The van der Waals surface area contributed by atoms with Crippen LogP contribution in [0.5, 0.6) is 0 Å². The molecule has 0 amide bonds. The van der Waals surface area contributed by atoms with Crippen LogP contribution in [-0.4, -0.2) is 41.4 Å². The lowest BCUT2D eigenvalue weighted by Gasteiger charge is -1.97. The molecule has 0 fully saturated rings. The molecule has 0 atom stereocenters. The third-order valence-corrected chi connectivity index (χ3v) is 1.88. The molecular formula is C12H28N2O4S2. The van der Waals surface area contributed by atoms with Crippen molar-refractivity contribution in [3.8, 4) is 0 Å². The van der Waals surface area contributed by atoms with Crippen molar-refractivity contribution >= 4 is 46.0 Å². The Morgan fingerprint density at radius 2 is 1.45 bits per heavy atom. The van der Waals surface area contributed by atoms with Crippen LogP contribution in [0.4, 0.5) is 0 Å². The summed E-state index contributed by atoms with van der Waals surface area (Å²) in [6.07, 6.45) is 1.67. The molecule has 8 heteroatoms. The van der Waals surface area contributed by atoms with Crippen molar-refractivity contribution in [2.45, 2.75) is 36.1 Å². The molecule has 0 aromatic heterocycles. The van der Waals surface area contributed by atoms with Gasteiger partial charge in [0.15, 0.2) is 10.0 Å². The van der Waals surface area contributed by atoms with Gasteiger partial charge in [0.05, 0.1) is 13.2 Å². The van der Waals surface area contributed by atoms with E-state index < -0.39 is 11.9 Å². The van der Waals surface area contributed by atoms with Crippen molar-refractivity contribution in [3.63, 3.8) is 0 Å². The SMILES string of the molecule is C.C.C.CCOC(=O)C(=N)SC.CCOC(=O)C(N)=S. The summed E-state index contributed by atoms with van der Waals surface area (Å²) in [5.74, 6) is -1.15. The number of carbonyl (C=O) groups excluding carboxylic acids is 2. The van der Waals surface area contributed by atoms with Crippen molar-refractivity contribution in [2.75, 3.05) is 19.5 Å². The standard InChI is InChI=1S/C5H9NO2S.C4H7NO2S.3CH4/c1-3-8-5(7)4(6)9-2;1-2-7-4(6)3(5)8;;;/h6H,3H2,1-2H3;2H2,1H3,(H2,5,8);3*1H4. The first-order valence-electron chi connectivity index (χ1n) is 4.66. The van der Waals surface area contributed by atoms with E-state index in [1.807, 2.05) is 0 Å². The summed E-state index contributed by atoms with van der Waals surface area (Å²) in [5.41, 5.74) is 4.88. The van der Waals surface area contributed by atoms with Gasteiger partial charge in [-0.25, -0.2) is 9.59 Å². The second-order valence-corrected chi connectivity index (χ2v) is 3.59.